The molecule has 3 saturated heterocycles. The Morgan fingerprint density at radius 1 is 0.887 bits per heavy atom. The van der Waals surface area contributed by atoms with Gasteiger partial charge in [0.1, 0.15) is 34.8 Å². The predicted molar refractivity (Wildman–Crippen MR) is 298 cm³/mol. The number of likely N-dealkylation sites (N-methyl/N-ethyl adjacent to an activating group) is 1. The summed E-state index contributed by atoms with van der Waals surface area (Å²) < 4.78 is 58.8. The molecular formula is C60H95N3O17. The van der Waals surface area contributed by atoms with Crippen molar-refractivity contribution >= 4 is 34.6 Å². The number of ether oxygens (including phenoxy) is 9. The molecule has 0 radical (unpaired) electrons. The third-order valence-electron chi connectivity index (χ3n) is 17.7. The lowest BCUT2D eigenvalue weighted by Crippen LogP contribution is -2.61. The normalized spacial score (nSPS) is 36.8. The van der Waals surface area contributed by atoms with Crippen LogP contribution in [0, 0.1) is 29.6 Å². The number of benzene rings is 1. The van der Waals surface area contributed by atoms with E-state index in [0.29, 0.717) is 56.8 Å². The topological polar surface area (TPSA) is 249 Å². The lowest BCUT2D eigenvalue weighted by Gasteiger charge is -2.50. The molecule has 6 rings (SSSR count). The fourth-order valence-corrected chi connectivity index (χ4v) is 12.3. The Morgan fingerprint density at radius 2 is 1.56 bits per heavy atom. The third-order valence-corrected chi connectivity index (χ3v) is 17.7. The lowest BCUT2D eigenvalue weighted by molar-refractivity contribution is -0.320. The molecule has 4 fully saturated rings. The van der Waals surface area contributed by atoms with Crippen LogP contribution in [0.1, 0.15) is 143 Å². The summed E-state index contributed by atoms with van der Waals surface area (Å²) in [5.74, 6) is -5.50. The highest BCUT2D eigenvalue weighted by Crippen LogP contribution is 2.42. The molecule has 3 aliphatic heterocycles. The Bertz CT molecular complexity index is 2480. The van der Waals surface area contributed by atoms with Crippen molar-refractivity contribution < 1.29 is 77.1 Å². The fourth-order valence-electron chi connectivity index (χ4n) is 12.3. The van der Waals surface area contributed by atoms with Gasteiger partial charge in [0.15, 0.2) is 18.7 Å². The zero-order chi connectivity index (χ0) is 59.2. The first-order chi connectivity index (χ1) is 37.6. The van der Waals surface area contributed by atoms with E-state index >= 15 is 0 Å². The van der Waals surface area contributed by atoms with E-state index in [-0.39, 0.29) is 54.6 Å². The van der Waals surface area contributed by atoms with Gasteiger partial charge in [0, 0.05) is 69.1 Å². The Labute approximate surface area is 473 Å². The minimum absolute atomic E-state index is 0.0384. The molecule has 1 aliphatic carbocycles. The third kappa shape index (κ3) is 15.1. The number of hydrogen-bond acceptors (Lipinski definition) is 19. The maximum absolute atomic E-state index is 14.6. The highest BCUT2D eigenvalue weighted by atomic mass is 16.7. The quantitative estimate of drug-likeness (QED) is 0.0725. The van der Waals surface area contributed by atoms with Crippen molar-refractivity contribution in [2.24, 2.45) is 29.6 Å². The van der Waals surface area contributed by atoms with Crippen LogP contribution in [-0.4, -0.2) is 181 Å². The SMILES string of the molecule is CC[C@@H]1OC(=O)[C@H](C)[C@H](O[C@@H]2C[C@](C)(OC)[C@H](OC(=O)CCNCCCc3ccc4c(c3)c(=O)c(C(=O)OCC3CC3)cn4CC)[C@H](C)O2)[C@@H](C)[C@H](O[C@@H]2O[C@H](C)C[C@H](N(C)C)[C@@H]2O)[C@](C)(OC)C[C@H](C)C(=O)[C@H](C)[C@@H](O)[C@]1(C)O. The van der Waals surface area contributed by atoms with Crippen molar-refractivity contribution in [3.05, 3.63) is 45.7 Å². The highest BCUT2D eigenvalue weighted by Gasteiger charge is 2.55. The highest BCUT2D eigenvalue weighted by molar-refractivity contribution is 5.94. The number of nitrogens with zero attached hydrogens (tertiary/aromatic N) is 2. The number of aryl methyl sites for hydroxylation is 2. The molecule has 20 heteroatoms. The van der Waals surface area contributed by atoms with Crippen molar-refractivity contribution in [3.63, 3.8) is 0 Å². The van der Waals surface area contributed by atoms with E-state index in [4.69, 9.17) is 42.6 Å². The van der Waals surface area contributed by atoms with Crippen LogP contribution in [0.25, 0.3) is 10.9 Å². The second kappa shape index (κ2) is 27.6. The maximum atomic E-state index is 14.6. The molecule has 0 unspecified atom stereocenters. The van der Waals surface area contributed by atoms with Crippen LogP contribution in [0.3, 0.4) is 0 Å². The number of methoxy groups -OCH3 is 2. The van der Waals surface area contributed by atoms with Crippen LogP contribution in [0.15, 0.2) is 29.2 Å². The van der Waals surface area contributed by atoms with Crippen molar-refractivity contribution in [3.8, 4) is 0 Å². The fraction of sp³-hybridized carbons (Fsp3) is 0.783. The number of carbonyl (C=O) groups excluding carboxylic acids is 4. The van der Waals surface area contributed by atoms with Crippen molar-refractivity contribution in [1.82, 2.24) is 14.8 Å². The smallest absolute Gasteiger partial charge is 0.343 e. The van der Waals surface area contributed by atoms with E-state index in [2.05, 4.69) is 5.32 Å². The number of aromatic nitrogens is 1. The zero-order valence-corrected chi connectivity index (χ0v) is 50.2. The molecule has 4 N–H and O–H groups in total. The van der Waals surface area contributed by atoms with Crippen LogP contribution in [0.5, 0.6) is 0 Å². The Kier molecular flexibility index (Phi) is 22.5. The van der Waals surface area contributed by atoms with Gasteiger partial charge in [-0.3, -0.25) is 19.2 Å². The minimum Gasteiger partial charge on any atom is -0.462 e. The number of Topliss-reactive ketones (excluding diaryl/α,β-unsaturated/α-hetero) is 1. The second-order valence-corrected chi connectivity index (χ2v) is 24.3. The first kappa shape index (κ1) is 65.2. The van der Waals surface area contributed by atoms with E-state index in [0.717, 1.165) is 23.9 Å². The average Bonchev–Trinajstić information content (AvgIpc) is 4.31. The van der Waals surface area contributed by atoms with Gasteiger partial charge in [-0.2, -0.15) is 0 Å². The molecule has 0 bridgehead atoms. The summed E-state index contributed by atoms with van der Waals surface area (Å²) in [4.78, 5) is 70.7. The van der Waals surface area contributed by atoms with Crippen LogP contribution >= 0.6 is 0 Å². The number of fused-ring (bicyclic) bond motifs is 1. The molecule has 0 amide bonds. The van der Waals surface area contributed by atoms with Gasteiger partial charge in [-0.1, -0.05) is 33.8 Å². The molecule has 452 valence electrons. The molecule has 80 heavy (non-hydrogen) atoms. The molecule has 4 heterocycles. The Balaban J connectivity index is 1.16. The van der Waals surface area contributed by atoms with E-state index in [1.165, 1.54) is 21.1 Å². The Hall–Kier alpha value is -3.93. The molecule has 4 aliphatic rings. The van der Waals surface area contributed by atoms with Crippen LogP contribution < -0.4 is 10.7 Å². The van der Waals surface area contributed by atoms with Gasteiger partial charge >= 0.3 is 17.9 Å². The monoisotopic (exact) mass is 1130 g/mol. The second-order valence-electron chi connectivity index (χ2n) is 24.3. The van der Waals surface area contributed by atoms with E-state index in [9.17, 15) is 39.3 Å². The standard InChI is InChI=1S/C60H95N3O17/c1-16-45-60(11,71)52(68)35(5)48(65)33(3)29-58(9,72-14)53(80-57-50(67)44(62(12)13)27-34(4)75-57)36(6)51(37(7)55(69)77-45)79-47-30-59(10,73-15)54(38(8)76-47)78-46(64)24-26-61-25-18-19-39-22-23-43-41(28-39)49(66)42(31-63(43)17-2)56(70)74-32-40-20-21-40/h22-23,28,31,33-38,40,44-45,47,50-54,57,61,67-68,71H,16-21,24-27,29-30,32H2,1-15H3/t33-,34+,35-,36+,37+,38-,44-,45-,47+,50-,51+,52+,53-,54+,57-,58+,59-,60+/m0/s1. The maximum Gasteiger partial charge on any atom is 0.343 e. The van der Waals surface area contributed by atoms with Crippen molar-refractivity contribution in [1.29, 1.82) is 0 Å². The number of cyclic esters (lactones) is 1. The van der Waals surface area contributed by atoms with E-state index in [1.807, 2.05) is 62.5 Å². The van der Waals surface area contributed by atoms with Gasteiger partial charge in [0.25, 0.3) is 0 Å². The molecule has 20 nitrogen and oxygen atoms in total. The van der Waals surface area contributed by atoms with Gasteiger partial charge in [-0.15, -0.1) is 0 Å². The summed E-state index contributed by atoms with van der Waals surface area (Å²) in [5, 5.41) is 39.1. The minimum atomic E-state index is -2.03. The lowest BCUT2D eigenvalue weighted by atomic mass is 9.74. The molecule has 1 aromatic carbocycles. The van der Waals surface area contributed by atoms with E-state index in [1.54, 1.807) is 54.7 Å². The van der Waals surface area contributed by atoms with Crippen molar-refractivity contribution in [2.75, 3.05) is 48.0 Å². The molecule has 1 aromatic heterocycles. The number of carbonyl (C=O) groups is 4. The van der Waals surface area contributed by atoms with Gasteiger partial charge in [0.2, 0.25) is 5.43 Å². The van der Waals surface area contributed by atoms with Gasteiger partial charge in [-0.05, 0) is 138 Å². The summed E-state index contributed by atoms with van der Waals surface area (Å²) >= 11 is 0. The summed E-state index contributed by atoms with van der Waals surface area (Å²) in [7, 11) is 6.75. The number of ketones is 1. The van der Waals surface area contributed by atoms with Crippen LogP contribution in [-0.2, 0) is 70.0 Å². The number of hydrogen-bond donors (Lipinski definition) is 4. The number of pyridine rings is 1. The molecular weight excluding hydrogens is 1030 g/mol. The summed E-state index contributed by atoms with van der Waals surface area (Å²) in [5.41, 5.74) is -3.11. The average molecular weight is 1130 g/mol. The van der Waals surface area contributed by atoms with E-state index < -0.39 is 114 Å². The van der Waals surface area contributed by atoms with Gasteiger partial charge in [-0.25, -0.2) is 4.79 Å². The molecule has 1 saturated carbocycles. The van der Waals surface area contributed by atoms with Gasteiger partial charge < -0.3 is 72.7 Å². The largest absolute Gasteiger partial charge is 0.462 e. The van der Waals surface area contributed by atoms with Gasteiger partial charge in [0.05, 0.1) is 60.6 Å². The van der Waals surface area contributed by atoms with Crippen LogP contribution in [0.2, 0.25) is 0 Å². The Morgan fingerprint density at radius 3 is 2.19 bits per heavy atom. The molecule has 0 spiro atoms. The summed E-state index contributed by atoms with van der Waals surface area (Å²) in [6.45, 7) is 20.8. The number of rotatable bonds is 20. The summed E-state index contributed by atoms with van der Waals surface area (Å²) in [6, 6.07) is 5.41. The number of aliphatic hydroxyl groups is 3. The van der Waals surface area contributed by atoms with Crippen molar-refractivity contribution in [2.45, 2.75) is 225 Å². The number of aliphatic hydroxyl groups excluding tert-OH is 2. The number of esters is 3. The first-order valence-electron chi connectivity index (χ1n) is 29.1. The summed E-state index contributed by atoms with van der Waals surface area (Å²) in [6.07, 6.45) is -4.45. The molecule has 18 atom stereocenters. The zero-order valence-electron chi connectivity index (χ0n) is 50.2. The molecule has 2 aromatic rings. The predicted octanol–water partition coefficient (Wildman–Crippen LogP) is 5.50. The number of nitrogens with one attached hydrogen (secondary N) is 1. The first-order valence-corrected chi connectivity index (χ1v) is 29.1. The van der Waals surface area contributed by atoms with Crippen LogP contribution in [0.4, 0.5) is 0 Å².